The Morgan fingerprint density at radius 1 is 0.972 bits per heavy atom. The molecule has 3 rings (SSSR count). The second-order valence-corrected chi connectivity index (χ2v) is 9.05. The maximum atomic E-state index is 14.0. The second kappa shape index (κ2) is 11.2. The van der Waals surface area contributed by atoms with Gasteiger partial charge in [-0.25, -0.2) is 14.8 Å². The highest BCUT2D eigenvalue weighted by Crippen LogP contribution is 2.33. The third-order valence-electron chi connectivity index (χ3n) is 6.07. The Morgan fingerprint density at radius 2 is 1.53 bits per heavy atom. The average Bonchev–Trinajstić information content (AvgIpc) is 2.84. The van der Waals surface area contributed by atoms with Crippen molar-refractivity contribution >= 4 is 29.4 Å². The molecule has 1 unspecified atom stereocenters. The molecule has 0 aliphatic carbocycles. The van der Waals surface area contributed by atoms with Crippen LogP contribution in [0.5, 0.6) is 0 Å². The molecule has 0 bridgehead atoms. The summed E-state index contributed by atoms with van der Waals surface area (Å²) in [6, 6.07) is 15.3. The second-order valence-electron chi connectivity index (χ2n) is 9.05. The molecule has 0 aromatic heterocycles. The van der Waals surface area contributed by atoms with Gasteiger partial charge in [-0.2, -0.15) is 0 Å². The highest BCUT2D eigenvalue weighted by molar-refractivity contribution is 5.98. The van der Waals surface area contributed by atoms with Crippen LogP contribution in [0, 0.1) is 5.92 Å². The third kappa shape index (κ3) is 5.46. The molecule has 190 valence electrons. The first kappa shape index (κ1) is 26.6. The number of aliphatic hydroxyl groups is 1. The fourth-order valence-corrected chi connectivity index (χ4v) is 4.43. The Kier molecular flexibility index (Phi) is 8.26. The molecule has 0 fully saturated rings. The summed E-state index contributed by atoms with van der Waals surface area (Å²) in [6.45, 7) is 6.13. The summed E-state index contributed by atoms with van der Waals surface area (Å²) in [7, 11) is 0. The van der Waals surface area contributed by atoms with E-state index in [-0.39, 0.29) is 23.9 Å². The van der Waals surface area contributed by atoms with Crippen molar-refractivity contribution in [1.29, 1.82) is 0 Å². The Balaban J connectivity index is 2.25. The van der Waals surface area contributed by atoms with Crippen LogP contribution in [0.25, 0.3) is 5.70 Å². The van der Waals surface area contributed by atoms with Crippen LogP contribution < -0.4 is 0 Å². The number of hydrogen-bond donors (Lipinski definition) is 2. The van der Waals surface area contributed by atoms with E-state index < -0.39 is 36.0 Å². The lowest BCUT2D eigenvalue weighted by Gasteiger charge is -2.47. The predicted octanol–water partition coefficient (Wildman–Crippen LogP) is 2.52. The normalized spacial score (nSPS) is 17.4. The zero-order chi connectivity index (χ0) is 26.6. The van der Waals surface area contributed by atoms with E-state index in [0.717, 1.165) is 10.0 Å². The Bertz CT molecular complexity index is 1150. The van der Waals surface area contributed by atoms with E-state index in [1.54, 1.807) is 74.5 Å². The van der Waals surface area contributed by atoms with Gasteiger partial charge in [0.2, 0.25) is 11.8 Å². The molecule has 0 saturated carbocycles. The largest absolute Gasteiger partial charge is 0.479 e. The van der Waals surface area contributed by atoms with Crippen LogP contribution in [0.4, 0.5) is 0 Å². The number of nitrogens with zero attached hydrogens (tertiary/aromatic N) is 3. The van der Waals surface area contributed by atoms with Gasteiger partial charge in [-0.15, -0.1) is 0 Å². The van der Waals surface area contributed by atoms with E-state index in [1.807, 2.05) is 0 Å². The number of aliphatic carboxylic acids is 1. The van der Waals surface area contributed by atoms with Crippen LogP contribution in [0.15, 0.2) is 66.9 Å². The van der Waals surface area contributed by atoms with Gasteiger partial charge in [-0.05, 0) is 17.9 Å². The Labute approximate surface area is 210 Å². The zero-order valence-electron chi connectivity index (χ0n) is 20.7. The molecular formula is C27H31N3O6. The summed E-state index contributed by atoms with van der Waals surface area (Å²) in [4.78, 5) is 53.0. The van der Waals surface area contributed by atoms with E-state index >= 15 is 0 Å². The summed E-state index contributed by atoms with van der Waals surface area (Å²) < 4.78 is 0. The molecule has 1 aliphatic rings. The lowest BCUT2D eigenvalue weighted by molar-refractivity contribution is -0.175. The van der Waals surface area contributed by atoms with E-state index in [1.165, 1.54) is 24.9 Å². The molecule has 0 saturated heterocycles. The number of carbonyl (C=O) groups is 4. The molecule has 2 aromatic carbocycles. The smallest absolute Gasteiger partial charge is 0.334 e. The standard InChI is InChI=1S/C27H31N3O6/c1-17(2)24-26(34)30(23(16-28(24)18(3)31)21-13-9-6-10-14-21)29(19(4)32)22(25(33)27(35)36)15-20-11-7-5-8-12-20/h5-14,16-17,22,24-25,33H,15H2,1-4H3,(H,35,36)/t22-,24-,25?/m0/s1. The fourth-order valence-electron chi connectivity index (χ4n) is 4.43. The van der Waals surface area contributed by atoms with Gasteiger partial charge in [-0.1, -0.05) is 74.5 Å². The maximum absolute atomic E-state index is 14.0. The minimum absolute atomic E-state index is 0.0253. The maximum Gasteiger partial charge on any atom is 0.334 e. The molecule has 9 heteroatoms. The van der Waals surface area contributed by atoms with E-state index in [9.17, 15) is 29.4 Å². The molecule has 1 heterocycles. The van der Waals surface area contributed by atoms with Gasteiger partial charge in [0.15, 0.2) is 6.10 Å². The molecular weight excluding hydrogens is 462 g/mol. The number of carbonyl (C=O) groups excluding carboxylic acids is 3. The van der Waals surface area contributed by atoms with Crippen molar-refractivity contribution in [2.45, 2.75) is 52.3 Å². The van der Waals surface area contributed by atoms with Crippen LogP contribution in [-0.4, -0.2) is 67.0 Å². The molecule has 36 heavy (non-hydrogen) atoms. The van der Waals surface area contributed by atoms with Crippen molar-refractivity contribution < 1.29 is 29.4 Å². The number of carboxylic acids is 1. The molecule has 0 spiro atoms. The number of hydrazine groups is 1. The first-order chi connectivity index (χ1) is 17.0. The van der Waals surface area contributed by atoms with Gasteiger partial charge in [0.05, 0.1) is 11.7 Å². The monoisotopic (exact) mass is 493 g/mol. The van der Waals surface area contributed by atoms with Crippen LogP contribution in [0.2, 0.25) is 0 Å². The highest BCUT2D eigenvalue weighted by atomic mass is 16.4. The van der Waals surface area contributed by atoms with Crippen LogP contribution in [0.3, 0.4) is 0 Å². The summed E-state index contributed by atoms with van der Waals surface area (Å²) >= 11 is 0. The van der Waals surface area contributed by atoms with E-state index in [4.69, 9.17) is 0 Å². The quantitative estimate of drug-likeness (QED) is 0.583. The van der Waals surface area contributed by atoms with Gasteiger partial charge in [0.25, 0.3) is 5.91 Å². The van der Waals surface area contributed by atoms with Crippen LogP contribution >= 0.6 is 0 Å². The van der Waals surface area contributed by atoms with Crippen molar-refractivity contribution in [3.63, 3.8) is 0 Å². The zero-order valence-corrected chi connectivity index (χ0v) is 20.7. The van der Waals surface area contributed by atoms with Gasteiger partial charge < -0.3 is 15.1 Å². The molecule has 3 atom stereocenters. The number of hydrogen-bond acceptors (Lipinski definition) is 5. The SMILES string of the molecule is CC(=O)N1C=C(c2ccccc2)N(N(C(C)=O)[C@@H](Cc2ccccc2)C(O)C(=O)O)C(=O)[C@@H]1C(C)C. The van der Waals surface area contributed by atoms with E-state index in [2.05, 4.69) is 0 Å². The van der Waals surface area contributed by atoms with Crippen molar-refractivity contribution in [2.24, 2.45) is 5.92 Å². The van der Waals surface area contributed by atoms with Gasteiger partial charge in [0, 0.05) is 25.6 Å². The number of rotatable bonds is 8. The average molecular weight is 494 g/mol. The number of carboxylic acid groups (broad SMARTS) is 1. The summed E-state index contributed by atoms with van der Waals surface area (Å²) in [5.41, 5.74) is 1.43. The van der Waals surface area contributed by atoms with Gasteiger partial charge in [-0.3, -0.25) is 14.4 Å². The number of aliphatic hydroxyl groups excluding tert-OH is 1. The molecule has 1 aliphatic heterocycles. The fraction of sp³-hybridized carbons (Fsp3) is 0.333. The van der Waals surface area contributed by atoms with Gasteiger partial charge >= 0.3 is 5.97 Å². The molecule has 2 aromatic rings. The molecule has 9 nitrogen and oxygen atoms in total. The Morgan fingerprint density at radius 3 is 2.00 bits per heavy atom. The topological polar surface area (TPSA) is 118 Å². The summed E-state index contributed by atoms with van der Waals surface area (Å²) in [6.07, 6.45) is -0.503. The number of amides is 3. The minimum atomic E-state index is -1.98. The Hall–Kier alpha value is -3.98. The first-order valence-electron chi connectivity index (χ1n) is 11.7. The number of benzene rings is 2. The van der Waals surface area contributed by atoms with Crippen molar-refractivity contribution in [3.8, 4) is 0 Å². The van der Waals surface area contributed by atoms with Crippen molar-refractivity contribution in [1.82, 2.24) is 14.9 Å². The lowest BCUT2D eigenvalue weighted by Crippen LogP contribution is -2.64. The summed E-state index contributed by atoms with van der Waals surface area (Å²) in [5, 5.41) is 22.6. The third-order valence-corrected chi connectivity index (χ3v) is 6.07. The molecule has 2 N–H and O–H groups in total. The van der Waals surface area contributed by atoms with Crippen LogP contribution in [-0.2, 0) is 25.6 Å². The first-order valence-corrected chi connectivity index (χ1v) is 11.7. The van der Waals surface area contributed by atoms with E-state index in [0.29, 0.717) is 11.1 Å². The lowest BCUT2D eigenvalue weighted by atomic mass is 9.96. The van der Waals surface area contributed by atoms with Crippen molar-refractivity contribution in [3.05, 3.63) is 78.0 Å². The molecule has 3 amide bonds. The summed E-state index contributed by atoms with van der Waals surface area (Å²) in [5.74, 6) is -3.40. The van der Waals surface area contributed by atoms with Gasteiger partial charge in [0.1, 0.15) is 6.04 Å². The minimum Gasteiger partial charge on any atom is -0.479 e. The van der Waals surface area contributed by atoms with Crippen LogP contribution in [0.1, 0.15) is 38.8 Å². The predicted molar refractivity (Wildman–Crippen MR) is 133 cm³/mol. The van der Waals surface area contributed by atoms with Crippen molar-refractivity contribution in [2.75, 3.05) is 0 Å². The molecule has 0 radical (unpaired) electrons. The highest BCUT2D eigenvalue weighted by Gasteiger charge is 2.46.